The lowest BCUT2D eigenvalue weighted by Crippen LogP contribution is -2.39. The molecule has 0 atom stereocenters. The van der Waals surface area contributed by atoms with Gasteiger partial charge < -0.3 is 20.1 Å². The molecule has 0 amide bonds. The monoisotopic (exact) mass is 362 g/mol. The first kappa shape index (κ1) is 20.9. The molecule has 0 radical (unpaired) electrons. The van der Waals surface area contributed by atoms with Gasteiger partial charge in [-0.2, -0.15) is 13.2 Å². The van der Waals surface area contributed by atoms with Crippen molar-refractivity contribution < 1.29 is 22.6 Å². The fourth-order valence-electron chi connectivity index (χ4n) is 2.09. The lowest BCUT2D eigenvalue weighted by atomic mass is 10.2. The Kier molecular flexibility index (Phi) is 8.33. The van der Waals surface area contributed by atoms with E-state index in [0.29, 0.717) is 30.6 Å². The molecule has 1 rings (SSSR count). The third-order valence-electron chi connectivity index (χ3n) is 3.18. The Morgan fingerprint density at radius 1 is 1.28 bits per heavy atom. The first-order chi connectivity index (χ1) is 11.8. The van der Waals surface area contributed by atoms with E-state index < -0.39 is 12.7 Å². The van der Waals surface area contributed by atoms with E-state index in [1.54, 1.807) is 32.4 Å². The summed E-state index contributed by atoms with van der Waals surface area (Å²) < 4.78 is 47.6. The summed E-state index contributed by atoms with van der Waals surface area (Å²) in [6, 6.07) is 5.33. The first-order valence-corrected chi connectivity index (χ1v) is 7.82. The van der Waals surface area contributed by atoms with E-state index in [4.69, 9.17) is 9.47 Å². The Balaban J connectivity index is 2.56. The molecule has 1 aromatic rings. The minimum atomic E-state index is -4.20. The van der Waals surface area contributed by atoms with Crippen LogP contribution in [0.15, 0.2) is 23.2 Å². The van der Waals surface area contributed by atoms with Crippen molar-refractivity contribution in [1.29, 1.82) is 0 Å². The second-order valence-corrected chi connectivity index (χ2v) is 5.28. The molecule has 6 nitrogen and oxygen atoms in total. The number of aliphatic imine (C=N–C) groups is 1. The fourth-order valence-corrected chi connectivity index (χ4v) is 2.09. The molecule has 0 heterocycles. The van der Waals surface area contributed by atoms with Crippen molar-refractivity contribution in [2.45, 2.75) is 13.1 Å². The Morgan fingerprint density at radius 2 is 2.00 bits per heavy atom. The molecule has 1 aromatic carbocycles. The molecule has 0 fully saturated rings. The van der Waals surface area contributed by atoms with Crippen LogP contribution in [0.2, 0.25) is 0 Å². The Labute approximate surface area is 146 Å². The van der Waals surface area contributed by atoms with Crippen LogP contribution in [-0.2, 0) is 0 Å². The van der Waals surface area contributed by atoms with Gasteiger partial charge in [0.15, 0.2) is 17.5 Å². The van der Waals surface area contributed by atoms with Gasteiger partial charge in [0.25, 0.3) is 0 Å². The molecule has 9 heteroatoms. The van der Waals surface area contributed by atoms with Gasteiger partial charge in [-0.25, -0.2) is 0 Å². The number of halogens is 3. The molecule has 0 aliphatic heterocycles. The van der Waals surface area contributed by atoms with Crippen LogP contribution in [0.3, 0.4) is 0 Å². The van der Waals surface area contributed by atoms with Crippen molar-refractivity contribution in [2.75, 3.05) is 52.8 Å². The van der Waals surface area contributed by atoms with Crippen molar-refractivity contribution in [3.05, 3.63) is 18.2 Å². The maximum Gasteiger partial charge on any atom is 0.401 e. The molecule has 0 spiro atoms. The highest BCUT2D eigenvalue weighted by Gasteiger charge is 2.28. The number of nitrogens with zero attached hydrogens (tertiary/aromatic N) is 2. The summed E-state index contributed by atoms with van der Waals surface area (Å²) in [5.74, 6) is 1.66. The number of rotatable bonds is 8. The van der Waals surface area contributed by atoms with Gasteiger partial charge in [0.1, 0.15) is 0 Å². The maximum absolute atomic E-state index is 12.3. The molecule has 0 saturated heterocycles. The predicted octanol–water partition coefficient (Wildman–Crippen LogP) is 2.58. The number of hydrogen-bond donors (Lipinski definition) is 2. The van der Waals surface area contributed by atoms with Crippen LogP contribution in [0, 0.1) is 0 Å². The molecule has 0 saturated carbocycles. The van der Waals surface area contributed by atoms with E-state index in [1.165, 1.54) is 11.9 Å². The van der Waals surface area contributed by atoms with Gasteiger partial charge in [0.05, 0.1) is 20.3 Å². The van der Waals surface area contributed by atoms with Crippen molar-refractivity contribution in [2.24, 2.45) is 4.99 Å². The van der Waals surface area contributed by atoms with Crippen LogP contribution in [0.25, 0.3) is 0 Å². The molecule has 0 aliphatic rings. The average molecular weight is 362 g/mol. The second kappa shape index (κ2) is 9.97. The zero-order valence-electron chi connectivity index (χ0n) is 14.9. The number of alkyl halides is 3. The molecule has 2 N–H and O–H groups in total. The number of hydrogen-bond acceptors (Lipinski definition) is 4. The van der Waals surface area contributed by atoms with Gasteiger partial charge in [-0.1, -0.05) is 0 Å². The quantitative estimate of drug-likeness (QED) is 0.550. The van der Waals surface area contributed by atoms with Crippen LogP contribution in [-0.4, -0.2) is 64.5 Å². The number of anilines is 1. The summed E-state index contributed by atoms with van der Waals surface area (Å²) in [6.45, 7) is 2.01. The topological polar surface area (TPSA) is 58.1 Å². The van der Waals surface area contributed by atoms with Crippen LogP contribution < -0.4 is 20.1 Å². The summed E-state index contributed by atoms with van der Waals surface area (Å²) in [5, 5.41) is 6.03. The Morgan fingerprint density at radius 3 is 2.56 bits per heavy atom. The van der Waals surface area contributed by atoms with E-state index in [2.05, 4.69) is 15.6 Å². The van der Waals surface area contributed by atoms with Crippen molar-refractivity contribution in [1.82, 2.24) is 10.2 Å². The van der Waals surface area contributed by atoms with Crippen molar-refractivity contribution in [3.8, 4) is 11.5 Å². The number of nitrogens with one attached hydrogen (secondary N) is 2. The molecule has 25 heavy (non-hydrogen) atoms. The van der Waals surface area contributed by atoms with Gasteiger partial charge in [0, 0.05) is 31.9 Å². The smallest absolute Gasteiger partial charge is 0.401 e. The maximum atomic E-state index is 12.3. The van der Waals surface area contributed by atoms with Gasteiger partial charge in [-0.3, -0.25) is 9.89 Å². The average Bonchev–Trinajstić information content (AvgIpc) is 2.53. The molecule has 0 bridgehead atoms. The van der Waals surface area contributed by atoms with E-state index in [9.17, 15) is 13.2 Å². The molecule has 142 valence electrons. The largest absolute Gasteiger partial charge is 0.493 e. The van der Waals surface area contributed by atoms with Gasteiger partial charge >= 0.3 is 6.18 Å². The predicted molar refractivity (Wildman–Crippen MR) is 92.7 cm³/mol. The number of methoxy groups -OCH3 is 1. The van der Waals surface area contributed by atoms with E-state index in [1.807, 2.05) is 6.92 Å². The number of benzene rings is 1. The number of ether oxygens (including phenoxy) is 2. The molecule has 0 aliphatic carbocycles. The minimum absolute atomic E-state index is 0.229. The number of likely N-dealkylation sites (N-methyl/N-ethyl adjacent to an activating group) is 1. The van der Waals surface area contributed by atoms with Gasteiger partial charge in [-0.05, 0) is 26.1 Å². The van der Waals surface area contributed by atoms with Crippen LogP contribution in [0.5, 0.6) is 11.5 Å². The van der Waals surface area contributed by atoms with Crippen LogP contribution in [0.1, 0.15) is 6.92 Å². The summed E-state index contributed by atoms with van der Waals surface area (Å²) in [4.78, 5) is 5.25. The van der Waals surface area contributed by atoms with Crippen LogP contribution >= 0.6 is 0 Å². The summed E-state index contributed by atoms with van der Waals surface area (Å²) in [5.41, 5.74) is 0.719. The third kappa shape index (κ3) is 7.97. The highest BCUT2D eigenvalue weighted by molar-refractivity contribution is 5.93. The van der Waals surface area contributed by atoms with Gasteiger partial charge in [-0.15, -0.1) is 0 Å². The fraction of sp³-hybridized carbons (Fsp3) is 0.562. The standard InChI is InChI=1S/C16H25F3N4O2/c1-5-25-13-7-6-12(10-14(13)24-4)22-15(20-2)21-8-9-23(3)11-16(17,18)19/h6-7,10H,5,8-9,11H2,1-4H3,(H2,20,21,22). The van der Waals surface area contributed by atoms with E-state index in [-0.39, 0.29) is 6.54 Å². The van der Waals surface area contributed by atoms with Crippen molar-refractivity contribution >= 4 is 11.6 Å². The minimum Gasteiger partial charge on any atom is -0.493 e. The molecular weight excluding hydrogens is 337 g/mol. The lowest BCUT2D eigenvalue weighted by Gasteiger charge is -2.19. The Bertz CT molecular complexity index is 565. The summed E-state index contributed by atoms with van der Waals surface area (Å²) in [6.07, 6.45) is -4.20. The lowest BCUT2D eigenvalue weighted by molar-refractivity contribution is -0.142. The second-order valence-electron chi connectivity index (χ2n) is 5.28. The molecule has 0 unspecified atom stereocenters. The van der Waals surface area contributed by atoms with Crippen LogP contribution in [0.4, 0.5) is 18.9 Å². The highest BCUT2D eigenvalue weighted by Crippen LogP contribution is 2.30. The molecular formula is C16H25F3N4O2. The SMILES string of the molecule is CCOc1ccc(NC(=NC)NCCN(C)CC(F)(F)F)cc1OC. The zero-order chi connectivity index (χ0) is 18.9. The zero-order valence-corrected chi connectivity index (χ0v) is 14.9. The van der Waals surface area contributed by atoms with E-state index >= 15 is 0 Å². The summed E-state index contributed by atoms with van der Waals surface area (Å²) >= 11 is 0. The van der Waals surface area contributed by atoms with Crippen molar-refractivity contribution in [3.63, 3.8) is 0 Å². The normalized spacial score (nSPS) is 12.2. The summed E-state index contributed by atoms with van der Waals surface area (Å²) in [7, 11) is 4.55. The Hall–Kier alpha value is -2.16. The van der Waals surface area contributed by atoms with E-state index in [0.717, 1.165) is 5.69 Å². The highest BCUT2D eigenvalue weighted by atomic mass is 19.4. The first-order valence-electron chi connectivity index (χ1n) is 7.82. The third-order valence-corrected chi connectivity index (χ3v) is 3.18. The number of guanidine groups is 1. The molecule has 0 aromatic heterocycles. The van der Waals surface area contributed by atoms with Gasteiger partial charge in [0.2, 0.25) is 0 Å².